The van der Waals surface area contributed by atoms with Crippen molar-refractivity contribution in [3.05, 3.63) is 40.4 Å². The molecule has 0 N–H and O–H groups in total. The van der Waals surface area contributed by atoms with E-state index in [-0.39, 0.29) is 5.69 Å². The highest BCUT2D eigenvalue weighted by Crippen LogP contribution is 2.32. The van der Waals surface area contributed by atoms with E-state index in [4.69, 9.17) is 0 Å². The number of nitrogens with zero attached hydrogens (tertiary/aromatic N) is 1. The number of alkyl halides is 3. The van der Waals surface area contributed by atoms with E-state index in [1.807, 2.05) is 0 Å². The molecule has 1 aromatic heterocycles. The van der Waals surface area contributed by atoms with Crippen molar-refractivity contribution in [2.75, 3.05) is 7.11 Å². The Morgan fingerprint density at radius 2 is 1.85 bits per heavy atom. The number of carbonyl (C=O) groups is 1. The number of aryl methyl sites for hydroxylation is 1. The first-order valence-corrected chi connectivity index (χ1v) is 6.38. The SMILES string of the molecule is COC(=O)c1nc(-c2ccc(C(F)(F)F)cc2)sc1C. The van der Waals surface area contributed by atoms with Gasteiger partial charge in [-0.05, 0) is 19.1 Å². The lowest BCUT2D eigenvalue weighted by Gasteiger charge is -2.06. The lowest BCUT2D eigenvalue weighted by Crippen LogP contribution is -2.04. The molecule has 0 bridgehead atoms. The second-order valence-electron chi connectivity index (χ2n) is 3.99. The maximum Gasteiger partial charge on any atom is 0.416 e. The topological polar surface area (TPSA) is 39.2 Å². The molecule has 0 aliphatic rings. The van der Waals surface area contributed by atoms with Crippen LogP contribution in [-0.4, -0.2) is 18.1 Å². The number of esters is 1. The van der Waals surface area contributed by atoms with Crippen molar-refractivity contribution < 1.29 is 22.7 Å². The monoisotopic (exact) mass is 301 g/mol. The summed E-state index contributed by atoms with van der Waals surface area (Å²) in [5.41, 5.74) is -0.00336. The molecule has 2 aromatic rings. The Balaban J connectivity index is 2.35. The van der Waals surface area contributed by atoms with Crippen LogP contribution in [0.15, 0.2) is 24.3 Å². The number of benzene rings is 1. The van der Waals surface area contributed by atoms with Gasteiger partial charge >= 0.3 is 12.1 Å². The maximum absolute atomic E-state index is 12.5. The Morgan fingerprint density at radius 1 is 1.25 bits per heavy atom. The molecule has 0 amide bonds. The number of ether oxygens (including phenoxy) is 1. The lowest BCUT2D eigenvalue weighted by atomic mass is 10.1. The second kappa shape index (κ2) is 5.24. The quantitative estimate of drug-likeness (QED) is 0.789. The van der Waals surface area contributed by atoms with Crippen LogP contribution in [0.5, 0.6) is 0 Å². The molecule has 0 aliphatic carbocycles. The minimum atomic E-state index is -4.37. The highest BCUT2D eigenvalue weighted by atomic mass is 32.1. The summed E-state index contributed by atoms with van der Waals surface area (Å²) in [5.74, 6) is -0.558. The average molecular weight is 301 g/mol. The first-order chi connectivity index (χ1) is 9.32. The zero-order chi connectivity index (χ0) is 14.9. The van der Waals surface area contributed by atoms with Crippen molar-refractivity contribution >= 4 is 17.3 Å². The first kappa shape index (κ1) is 14.5. The summed E-state index contributed by atoms with van der Waals surface area (Å²) in [6.07, 6.45) is -4.37. The van der Waals surface area contributed by atoms with E-state index < -0.39 is 17.7 Å². The summed E-state index contributed by atoms with van der Waals surface area (Å²) in [6, 6.07) is 4.65. The van der Waals surface area contributed by atoms with Gasteiger partial charge in [0.2, 0.25) is 0 Å². The molecule has 3 nitrogen and oxygen atoms in total. The number of thiazole rings is 1. The summed E-state index contributed by atoms with van der Waals surface area (Å²) >= 11 is 1.23. The molecule has 1 heterocycles. The molecule has 0 spiro atoms. The molecule has 0 saturated heterocycles. The predicted molar refractivity (Wildman–Crippen MR) is 68.6 cm³/mol. The number of methoxy groups -OCH3 is 1. The van der Waals surface area contributed by atoms with Crippen molar-refractivity contribution in [2.45, 2.75) is 13.1 Å². The second-order valence-corrected chi connectivity index (χ2v) is 5.19. The predicted octanol–water partition coefficient (Wildman–Crippen LogP) is 3.92. The van der Waals surface area contributed by atoms with Gasteiger partial charge in [0.1, 0.15) is 5.01 Å². The summed E-state index contributed by atoms with van der Waals surface area (Å²) in [7, 11) is 1.25. The Morgan fingerprint density at radius 3 is 2.35 bits per heavy atom. The van der Waals surface area contributed by atoms with Gasteiger partial charge in [-0.1, -0.05) is 12.1 Å². The van der Waals surface area contributed by atoms with Crippen LogP contribution in [-0.2, 0) is 10.9 Å². The van der Waals surface area contributed by atoms with Crippen LogP contribution in [0.4, 0.5) is 13.2 Å². The van der Waals surface area contributed by atoms with Crippen LogP contribution < -0.4 is 0 Å². The summed E-state index contributed by atoms with van der Waals surface area (Å²) in [6.45, 7) is 1.71. The van der Waals surface area contributed by atoms with Crippen LogP contribution in [0, 0.1) is 6.92 Å². The molecule has 0 fully saturated rings. The number of hydrogen-bond acceptors (Lipinski definition) is 4. The maximum atomic E-state index is 12.5. The van der Waals surface area contributed by atoms with E-state index in [0.29, 0.717) is 15.4 Å². The van der Waals surface area contributed by atoms with Crippen LogP contribution >= 0.6 is 11.3 Å². The molecule has 0 atom stereocenters. The number of rotatable bonds is 2. The Labute approximate surface area is 117 Å². The van der Waals surface area contributed by atoms with Gasteiger partial charge in [-0.3, -0.25) is 0 Å². The van der Waals surface area contributed by atoms with Crippen molar-refractivity contribution in [1.29, 1.82) is 0 Å². The highest BCUT2D eigenvalue weighted by Gasteiger charge is 2.30. The van der Waals surface area contributed by atoms with Gasteiger partial charge in [-0.2, -0.15) is 13.2 Å². The van der Waals surface area contributed by atoms with Crippen LogP contribution in [0.2, 0.25) is 0 Å². The zero-order valence-corrected chi connectivity index (χ0v) is 11.4. The minimum absolute atomic E-state index is 0.187. The third-order valence-corrected chi connectivity index (χ3v) is 3.65. The Hall–Kier alpha value is -1.89. The fraction of sp³-hybridized carbons (Fsp3) is 0.231. The van der Waals surface area contributed by atoms with Gasteiger partial charge < -0.3 is 4.74 Å². The van der Waals surface area contributed by atoms with E-state index in [0.717, 1.165) is 12.1 Å². The fourth-order valence-corrected chi connectivity index (χ4v) is 2.51. The van der Waals surface area contributed by atoms with Gasteiger partial charge in [0, 0.05) is 10.4 Å². The van der Waals surface area contributed by atoms with Crippen molar-refractivity contribution in [1.82, 2.24) is 4.98 Å². The van der Waals surface area contributed by atoms with E-state index >= 15 is 0 Å². The van der Waals surface area contributed by atoms with E-state index in [9.17, 15) is 18.0 Å². The average Bonchev–Trinajstić information content (AvgIpc) is 2.79. The molecule has 0 saturated carbocycles. The molecule has 2 rings (SSSR count). The molecule has 1 aromatic carbocycles. The van der Waals surface area contributed by atoms with E-state index in [2.05, 4.69) is 9.72 Å². The van der Waals surface area contributed by atoms with Gasteiger partial charge in [0.05, 0.1) is 12.7 Å². The van der Waals surface area contributed by atoms with Crippen LogP contribution in [0.3, 0.4) is 0 Å². The van der Waals surface area contributed by atoms with Crippen molar-refractivity contribution in [3.8, 4) is 10.6 Å². The lowest BCUT2D eigenvalue weighted by molar-refractivity contribution is -0.137. The standard InChI is InChI=1S/C13H10F3NO2S/c1-7-10(12(18)19-2)17-11(20-7)8-3-5-9(6-4-8)13(14,15)16/h3-6H,1-2H3. The Bertz CT molecular complexity index is 632. The highest BCUT2D eigenvalue weighted by molar-refractivity contribution is 7.15. The van der Waals surface area contributed by atoms with Gasteiger partial charge in [0.15, 0.2) is 5.69 Å². The van der Waals surface area contributed by atoms with Gasteiger partial charge in [0.25, 0.3) is 0 Å². The zero-order valence-electron chi connectivity index (χ0n) is 10.6. The molecule has 0 radical (unpaired) electrons. The van der Waals surface area contributed by atoms with Crippen molar-refractivity contribution in [2.24, 2.45) is 0 Å². The van der Waals surface area contributed by atoms with E-state index in [1.54, 1.807) is 6.92 Å². The summed E-state index contributed by atoms with van der Waals surface area (Å²) in [5, 5.41) is 0.483. The van der Waals surface area contributed by atoms with E-state index in [1.165, 1.54) is 30.6 Å². The molecule has 106 valence electrons. The van der Waals surface area contributed by atoms with Gasteiger partial charge in [-0.15, -0.1) is 11.3 Å². The largest absolute Gasteiger partial charge is 0.464 e. The number of carbonyl (C=O) groups excluding carboxylic acids is 1. The first-order valence-electron chi connectivity index (χ1n) is 5.56. The third-order valence-electron chi connectivity index (χ3n) is 2.63. The van der Waals surface area contributed by atoms with Crippen LogP contribution in [0.1, 0.15) is 20.9 Å². The molecule has 0 unspecified atom stereocenters. The number of halogens is 3. The molecular formula is C13H10F3NO2S. The summed E-state index contributed by atoms with van der Waals surface area (Å²) < 4.78 is 42.0. The molecule has 7 heteroatoms. The van der Waals surface area contributed by atoms with Crippen molar-refractivity contribution in [3.63, 3.8) is 0 Å². The molecular weight excluding hydrogens is 291 g/mol. The summed E-state index contributed by atoms with van der Waals surface area (Å²) in [4.78, 5) is 16.2. The molecule has 20 heavy (non-hydrogen) atoms. The Kier molecular flexibility index (Phi) is 3.80. The minimum Gasteiger partial charge on any atom is -0.464 e. The number of hydrogen-bond donors (Lipinski definition) is 0. The number of aromatic nitrogens is 1. The normalized spacial score (nSPS) is 11.4. The fourth-order valence-electron chi connectivity index (χ4n) is 1.61. The smallest absolute Gasteiger partial charge is 0.416 e. The van der Waals surface area contributed by atoms with Gasteiger partial charge in [-0.25, -0.2) is 9.78 Å². The third kappa shape index (κ3) is 2.82. The molecule has 0 aliphatic heterocycles. The van der Waals surface area contributed by atoms with Crippen LogP contribution in [0.25, 0.3) is 10.6 Å².